The average molecular weight is 348 g/mol. The largest absolute Gasteiger partial charge is 0.348 e. The topological polar surface area (TPSA) is 64.0 Å². The Morgan fingerprint density at radius 3 is 3.04 bits per heavy atom. The summed E-state index contributed by atoms with van der Waals surface area (Å²) < 4.78 is 1.31. The van der Waals surface area contributed by atoms with Gasteiger partial charge in [-0.2, -0.15) is 0 Å². The van der Waals surface area contributed by atoms with Gasteiger partial charge in [0.25, 0.3) is 5.56 Å². The molecule has 2 aromatic heterocycles. The molecule has 0 saturated carbocycles. The molecule has 1 atom stereocenters. The molecule has 23 heavy (non-hydrogen) atoms. The van der Waals surface area contributed by atoms with Crippen molar-refractivity contribution >= 4 is 39.1 Å². The third-order valence-corrected chi connectivity index (χ3v) is 4.55. The summed E-state index contributed by atoms with van der Waals surface area (Å²) in [7, 11) is 0. The molecule has 0 fully saturated rings. The lowest BCUT2D eigenvalue weighted by Gasteiger charge is -2.15. The van der Waals surface area contributed by atoms with E-state index in [-0.39, 0.29) is 24.1 Å². The van der Waals surface area contributed by atoms with Crippen LogP contribution in [0.3, 0.4) is 0 Å². The maximum Gasteiger partial charge on any atom is 0.262 e. The number of nitrogens with one attached hydrogen (secondary N) is 1. The SMILES string of the molecule is CC(NC(=O)Cn1cnc2sccc2c1=O)c1cccc(Cl)c1. The molecule has 0 aliphatic rings. The van der Waals surface area contributed by atoms with Crippen LogP contribution in [0.25, 0.3) is 10.2 Å². The fourth-order valence-corrected chi connectivity index (χ4v) is 3.23. The van der Waals surface area contributed by atoms with E-state index in [4.69, 9.17) is 11.6 Å². The molecule has 0 aliphatic heterocycles. The number of amides is 1. The molecule has 0 spiro atoms. The highest BCUT2D eigenvalue weighted by Crippen LogP contribution is 2.17. The molecule has 118 valence electrons. The molecule has 3 aromatic rings. The first-order valence-corrected chi connectivity index (χ1v) is 8.28. The van der Waals surface area contributed by atoms with Crippen molar-refractivity contribution in [1.29, 1.82) is 0 Å². The fourth-order valence-electron chi connectivity index (χ4n) is 2.31. The van der Waals surface area contributed by atoms with Crippen LogP contribution in [0.4, 0.5) is 0 Å². The Hall–Kier alpha value is -2.18. The van der Waals surface area contributed by atoms with E-state index in [9.17, 15) is 9.59 Å². The highest BCUT2D eigenvalue weighted by molar-refractivity contribution is 7.16. The number of aromatic nitrogens is 2. The van der Waals surface area contributed by atoms with E-state index in [1.54, 1.807) is 18.2 Å². The lowest BCUT2D eigenvalue weighted by atomic mass is 10.1. The third kappa shape index (κ3) is 3.43. The Bertz CT molecular complexity index is 919. The molecule has 2 heterocycles. The fraction of sp³-hybridized carbons (Fsp3) is 0.188. The number of hydrogen-bond donors (Lipinski definition) is 1. The van der Waals surface area contributed by atoms with E-state index in [1.807, 2.05) is 24.4 Å². The summed E-state index contributed by atoms with van der Waals surface area (Å²) >= 11 is 7.36. The van der Waals surface area contributed by atoms with E-state index < -0.39 is 0 Å². The van der Waals surface area contributed by atoms with Gasteiger partial charge >= 0.3 is 0 Å². The molecule has 0 radical (unpaired) electrons. The van der Waals surface area contributed by atoms with Crippen LogP contribution in [0, 0.1) is 0 Å². The maximum absolute atomic E-state index is 12.3. The van der Waals surface area contributed by atoms with Gasteiger partial charge in [-0.05, 0) is 36.1 Å². The number of halogens is 1. The summed E-state index contributed by atoms with van der Waals surface area (Å²) in [6.45, 7) is 1.80. The zero-order valence-electron chi connectivity index (χ0n) is 12.3. The van der Waals surface area contributed by atoms with E-state index in [2.05, 4.69) is 10.3 Å². The smallest absolute Gasteiger partial charge is 0.262 e. The molecule has 0 aliphatic carbocycles. The number of carbonyl (C=O) groups excluding carboxylic acids is 1. The van der Waals surface area contributed by atoms with Crippen molar-refractivity contribution in [3.05, 3.63) is 63.0 Å². The number of fused-ring (bicyclic) bond motifs is 1. The second kappa shape index (κ2) is 6.52. The summed E-state index contributed by atoms with van der Waals surface area (Å²) in [4.78, 5) is 29.3. The van der Waals surface area contributed by atoms with E-state index >= 15 is 0 Å². The zero-order chi connectivity index (χ0) is 16.4. The molecule has 1 N–H and O–H groups in total. The van der Waals surface area contributed by atoms with E-state index in [0.29, 0.717) is 15.2 Å². The molecule has 7 heteroatoms. The summed E-state index contributed by atoms with van der Waals surface area (Å²) in [6.07, 6.45) is 1.41. The molecule has 1 aromatic carbocycles. The predicted molar refractivity (Wildman–Crippen MR) is 91.9 cm³/mol. The van der Waals surface area contributed by atoms with Crippen molar-refractivity contribution in [2.75, 3.05) is 0 Å². The molecular weight excluding hydrogens is 334 g/mol. The number of hydrogen-bond acceptors (Lipinski definition) is 4. The van der Waals surface area contributed by atoms with Crippen LogP contribution in [0.5, 0.6) is 0 Å². The molecule has 5 nitrogen and oxygen atoms in total. The van der Waals surface area contributed by atoms with Crippen LogP contribution in [-0.4, -0.2) is 15.5 Å². The first kappa shape index (κ1) is 15.7. The minimum atomic E-state index is -0.254. The van der Waals surface area contributed by atoms with Crippen molar-refractivity contribution < 1.29 is 4.79 Å². The Balaban J connectivity index is 1.73. The summed E-state index contributed by atoms with van der Waals surface area (Å²) in [5.41, 5.74) is 0.700. The monoisotopic (exact) mass is 347 g/mol. The summed E-state index contributed by atoms with van der Waals surface area (Å²) in [5.74, 6) is -0.254. The first-order valence-electron chi connectivity index (χ1n) is 7.02. The van der Waals surface area contributed by atoms with Crippen LogP contribution >= 0.6 is 22.9 Å². The van der Waals surface area contributed by atoms with E-state index in [1.165, 1.54) is 22.2 Å². The van der Waals surface area contributed by atoms with Crippen LogP contribution < -0.4 is 10.9 Å². The van der Waals surface area contributed by atoms with Gasteiger partial charge in [-0.15, -0.1) is 11.3 Å². The minimum absolute atomic E-state index is 0.0669. The Morgan fingerprint density at radius 1 is 1.43 bits per heavy atom. The highest BCUT2D eigenvalue weighted by Gasteiger charge is 2.12. The van der Waals surface area contributed by atoms with Crippen LogP contribution in [-0.2, 0) is 11.3 Å². The van der Waals surface area contributed by atoms with Gasteiger partial charge in [0, 0.05) is 5.02 Å². The van der Waals surface area contributed by atoms with Crippen LogP contribution in [0.15, 0.2) is 46.8 Å². The molecule has 1 amide bonds. The normalized spacial score (nSPS) is 12.3. The van der Waals surface area contributed by atoms with Gasteiger partial charge in [-0.3, -0.25) is 14.2 Å². The van der Waals surface area contributed by atoms with Gasteiger partial charge < -0.3 is 5.32 Å². The van der Waals surface area contributed by atoms with Gasteiger partial charge in [0.05, 0.1) is 17.8 Å². The standard InChI is InChI=1S/C16H14ClN3O2S/c1-10(11-3-2-4-12(17)7-11)19-14(21)8-20-9-18-15-13(16(20)22)5-6-23-15/h2-7,9-10H,8H2,1H3,(H,19,21). The summed E-state index contributed by atoms with van der Waals surface area (Å²) in [6, 6.07) is 8.83. The van der Waals surface area contributed by atoms with Crippen molar-refractivity contribution in [3.63, 3.8) is 0 Å². The predicted octanol–water partition coefficient (Wildman–Crippen LogP) is 2.99. The van der Waals surface area contributed by atoms with Gasteiger partial charge in [-0.25, -0.2) is 4.98 Å². The second-order valence-corrected chi connectivity index (χ2v) is 6.49. The lowest BCUT2D eigenvalue weighted by molar-refractivity contribution is -0.122. The number of carbonyl (C=O) groups is 1. The van der Waals surface area contributed by atoms with Crippen molar-refractivity contribution in [3.8, 4) is 0 Å². The Morgan fingerprint density at radius 2 is 2.26 bits per heavy atom. The van der Waals surface area contributed by atoms with Crippen molar-refractivity contribution in [2.45, 2.75) is 19.5 Å². The average Bonchev–Trinajstić information content (AvgIpc) is 2.99. The third-order valence-electron chi connectivity index (χ3n) is 3.49. The van der Waals surface area contributed by atoms with Crippen LogP contribution in [0.1, 0.15) is 18.5 Å². The van der Waals surface area contributed by atoms with Crippen molar-refractivity contribution in [2.24, 2.45) is 0 Å². The Kier molecular flexibility index (Phi) is 4.45. The van der Waals surface area contributed by atoms with E-state index in [0.717, 1.165) is 5.56 Å². The molecule has 0 bridgehead atoms. The molecule has 3 rings (SSSR count). The summed E-state index contributed by atoms with van der Waals surface area (Å²) in [5, 5.41) is 5.82. The van der Waals surface area contributed by atoms with Gasteiger partial charge in [0.15, 0.2) is 0 Å². The molecule has 0 saturated heterocycles. The minimum Gasteiger partial charge on any atom is -0.348 e. The molecule has 1 unspecified atom stereocenters. The van der Waals surface area contributed by atoms with Crippen molar-refractivity contribution in [1.82, 2.24) is 14.9 Å². The number of nitrogens with zero attached hydrogens (tertiary/aromatic N) is 2. The van der Waals surface area contributed by atoms with Gasteiger partial charge in [-0.1, -0.05) is 23.7 Å². The maximum atomic E-state index is 12.3. The molecular formula is C16H14ClN3O2S. The Labute approximate surface area is 141 Å². The number of thiophene rings is 1. The second-order valence-electron chi connectivity index (χ2n) is 5.16. The van der Waals surface area contributed by atoms with Crippen LogP contribution in [0.2, 0.25) is 5.02 Å². The van der Waals surface area contributed by atoms with Gasteiger partial charge in [0.1, 0.15) is 11.4 Å². The number of rotatable bonds is 4. The highest BCUT2D eigenvalue weighted by atomic mass is 35.5. The quantitative estimate of drug-likeness (QED) is 0.789. The lowest BCUT2D eigenvalue weighted by Crippen LogP contribution is -2.33. The number of benzene rings is 1. The zero-order valence-corrected chi connectivity index (χ0v) is 13.9. The first-order chi connectivity index (χ1) is 11.0. The van der Waals surface area contributed by atoms with Gasteiger partial charge in [0.2, 0.25) is 5.91 Å².